The highest BCUT2D eigenvalue weighted by atomic mass is 19.1. The molecule has 0 amide bonds. The van der Waals surface area contributed by atoms with Crippen LogP contribution in [-0.4, -0.2) is 28.6 Å². The molecule has 0 aliphatic heterocycles. The Morgan fingerprint density at radius 1 is 1.20 bits per heavy atom. The molecule has 7 heteroatoms. The van der Waals surface area contributed by atoms with Crippen molar-refractivity contribution in [2.45, 2.75) is 13.8 Å². The van der Waals surface area contributed by atoms with Gasteiger partial charge in [0, 0.05) is 13.1 Å². The fraction of sp³-hybridized carbons (Fsp3) is 0.308. The first kappa shape index (κ1) is 14.0. The maximum absolute atomic E-state index is 13.5. The van der Waals surface area contributed by atoms with Gasteiger partial charge in [0.2, 0.25) is 5.95 Å². The normalized spacial score (nSPS) is 10.2. The van der Waals surface area contributed by atoms with E-state index in [0.717, 1.165) is 0 Å². The Morgan fingerprint density at radius 3 is 2.60 bits per heavy atom. The van der Waals surface area contributed by atoms with E-state index in [9.17, 15) is 4.39 Å². The molecule has 20 heavy (non-hydrogen) atoms. The van der Waals surface area contributed by atoms with Gasteiger partial charge in [0.25, 0.3) is 0 Å². The average Bonchev–Trinajstić information content (AvgIpc) is 2.43. The number of hydrogen-bond donors (Lipinski definition) is 1. The Labute approximate surface area is 116 Å². The molecule has 1 aromatic carbocycles. The van der Waals surface area contributed by atoms with Crippen molar-refractivity contribution in [2.75, 3.05) is 19.0 Å². The smallest absolute Gasteiger partial charge is 0.330 e. The molecule has 2 rings (SSSR count). The largest absolute Gasteiger partial charge is 0.464 e. The van der Waals surface area contributed by atoms with Crippen LogP contribution in [0.1, 0.15) is 12.5 Å². The number of ether oxygens (including phenoxy) is 2. The van der Waals surface area contributed by atoms with Crippen LogP contribution in [0.25, 0.3) is 0 Å². The number of halogens is 1. The second kappa shape index (κ2) is 6.14. The molecular formula is C13H15FN4O2. The second-order valence-electron chi connectivity index (χ2n) is 3.92. The molecule has 0 aliphatic rings. The lowest BCUT2D eigenvalue weighted by molar-refractivity contribution is 0.304. The highest BCUT2D eigenvalue weighted by Gasteiger charge is 2.09. The van der Waals surface area contributed by atoms with Gasteiger partial charge in [0.05, 0.1) is 6.61 Å². The minimum absolute atomic E-state index is 0.0380. The van der Waals surface area contributed by atoms with Crippen molar-refractivity contribution in [1.29, 1.82) is 0 Å². The van der Waals surface area contributed by atoms with Crippen molar-refractivity contribution in [2.24, 2.45) is 0 Å². The van der Waals surface area contributed by atoms with E-state index in [1.807, 2.05) is 6.92 Å². The molecule has 2 aromatic rings. The summed E-state index contributed by atoms with van der Waals surface area (Å²) in [6.07, 6.45) is 0. The summed E-state index contributed by atoms with van der Waals surface area (Å²) in [5, 5.41) is 2.78. The summed E-state index contributed by atoms with van der Waals surface area (Å²) in [6.45, 7) is 3.92. The van der Waals surface area contributed by atoms with Gasteiger partial charge in [-0.25, -0.2) is 4.39 Å². The van der Waals surface area contributed by atoms with Crippen LogP contribution in [0.3, 0.4) is 0 Å². The van der Waals surface area contributed by atoms with Gasteiger partial charge in [0.15, 0.2) is 0 Å². The summed E-state index contributed by atoms with van der Waals surface area (Å²) < 4.78 is 24.1. The first-order chi connectivity index (χ1) is 9.62. The van der Waals surface area contributed by atoms with E-state index in [1.54, 1.807) is 26.1 Å². The molecule has 0 fully saturated rings. The van der Waals surface area contributed by atoms with E-state index in [2.05, 4.69) is 20.3 Å². The quantitative estimate of drug-likeness (QED) is 0.906. The van der Waals surface area contributed by atoms with Crippen LogP contribution >= 0.6 is 0 Å². The predicted molar refractivity (Wildman–Crippen MR) is 71.8 cm³/mol. The molecule has 0 saturated heterocycles. The molecule has 1 N–H and O–H groups in total. The number of benzene rings is 1. The molecule has 0 saturated carbocycles. The molecule has 106 valence electrons. The van der Waals surface area contributed by atoms with Crippen molar-refractivity contribution < 1.29 is 13.9 Å². The number of anilines is 1. The SMILES string of the molecule is CCOc1nc(NC)nc(Oc2ccc(C)c(F)c2)n1. The van der Waals surface area contributed by atoms with Crippen LogP contribution in [0.15, 0.2) is 18.2 Å². The highest BCUT2D eigenvalue weighted by molar-refractivity contribution is 5.32. The molecule has 1 aromatic heterocycles. The van der Waals surface area contributed by atoms with E-state index in [1.165, 1.54) is 6.07 Å². The average molecular weight is 278 g/mol. The van der Waals surface area contributed by atoms with Gasteiger partial charge >= 0.3 is 12.0 Å². The first-order valence-electron chi connectivity index (χ1n) is 6.13. The van der Waals surface area contributed by atoms with Crippen molar-refractivity contribution in [1.82, 2.24) is 15.0 Å². The maximum Gasteiger partial charge on any atom is 0.330 e. The zero-order chi connectivity index (χ0) is 14.5. The van der Waals surface area contributed by atoms with Crippen molar-refractivity contribution >= 4 is 5.95 Å². The Kier molecular flexibility index (Phi) is 4.29. The van der Waals surface area contributed by atoms with E-state index in [4.69, 9.17) is 9.47 Å². The number of nitrogens with one attached hydrogen (secondary N) is 1. The summed E-state index contributed by atoms with van der Waals surface area (Å²) in [5.41, 5.74) is 0.541. The molecule has 0 atom stereocenters. The maximum atomic E-state index is 13.5. The summed E-state index contributed by atoms with van der Waals surface area (Å²) in [6, 6.07) is 4.72. The van der Waals surface area contributed by atoms with Crippen molar-refractivity contribution in [3.63, 3.8) is 0 Å². The monoisotopic (exact) mass is 278 g/mol. The topological polar surface area (TPSA) is 69.2 Å². The van der Waals surface area contributed by atoms with Gasteiger partial charge in [-0.05, 0) is 25.5 Å². The number of rotatable bonds is 5. The lowest BCUT2D eigenvalue weighted by Gasteiger charge is -2.08. The molecule has 1 heterocycles. The Morgan fingerprint density at radius 2 is 1.95 bits per heavy atom. The summed E-state index contributed by atoms with van der Waals surface area (Å²) in [4.78, 5) is 12.0. The zero-order valence-electron chi connectivity index (χ0n) is 11.5. The van der Waals surface area contributed by atoms with Crippen LogP contribution in [0.2, 0.25) is 0 Å². The highest BCUT2D eigenvalue weighted by Crippen LogP contribution is 2.22. The third-order valence-corrected chi connectivity index (χ3v) is 2.44. The van der Waals surface area contributed by atoms with E-state index < -0.39 is 0 Å². The Hall–Kier alpha value is -2.44. The standard InChI is InChI=1S/C13H15FN4O2/c1-4-19-12-16-11(15-3)17-13(18-12)20-9-6-5-8(2)10(14)7-9/h5-7H,4H2,1-3H3,(H,15,16,17,18). The van der Waals surface area contributed by atoms with Crippen LogP contribution in [0.4, 0.5) is 10.3 Å². The van der Waals surface area contributed by atoms with Gasteiger partial charge < -0.3 is 14.8 Å². The summed E-state index contributed by atoms with van der Waals surface area (Å²) in [7, 11) is 1.67. The third kappa shape index (κ3) is 3.31. The molecule has 0 unspecified atom stereocenters. The number of aryl methyl sites for hydroxylation is 1. The number of hydrogen-bond acceptors (Lipinski definition) is 6. The van der Waals surface area contributed by atoms with Crippen molar-refractivity contribution in [3.05, 3.63) is 29.6 Å². The molecule has 0 bridgehead atoms. The van der Waals surface area contributed by atoms with E-state index in [0.29, 0.717) is 23.9 Å². The number of nitrogens with zero attached hydrogens (tertiary/aromatic N) is 3. The zero-order valence-corrected chi connectivity index (χ0v) is 11.5. The molecular weight excluding hydrogens is 263 g/mol. The Bertz CT molecular complexity index is 607. The van der Waals surface area contributed by atoms with Gasteiger partial charge in [-0.3, -0.25) is 0 Å². The lowest BCUT2D eigenvalue weighted by Crippen LogP contribution is -2.05. The Balaban J connectivity index is 2.27. The van der Waals surface area contributed by atoms with Gasteiger partial charge in [-0.1, -0.05) is 6.07 Å². The summed E-state index contributed by atoms with van der Waals surface area (Å²) >= 11 is 0. The minimum atomic E-state index is -0.351. The summed E-state index contributed by atoms with van der Waals surface area (Å²) in [5.74, 6) is 0.269. The fourth-order valence-corrected chi connectivity index (χ4v) is 1.43. The van der Waals surface area contributed by atoms with Crippen LogP contribution < -0.4 is 14.8 Å². The van der Waals surface area contributed by atoms with Crippen molar-refractivity contribution in [3.8, 4) is 17.8 Å². The first-order valence-corrected chi connectivity index (χ1v) is 6.13. The molecule has 0 radical (unpaired) electrons. The molecule has 0 aliphatic carbocycles. The van der Waals surface area contributed by atoms with Crippen LogP contribution in [0, 0.1) is 12.7 Å². The van der Waals surface area contributed by atoms with Gasteiger partial charge in [0.1, 0.15) is 11.6 Å². The third-order valence-electron chi connectivity index (χ3n) is 2.44. The van der Waals surface area contributed by atoms with E-state index >= 15 is 0 Å². The molecule has 0 spiro atoms. The van der Waals surface area contributed by atoms with Gasteiger partial charge in [-0.15, -0.1) is 4.98 Å². The minimum Gasteiger partial charge on any atom is -0.464 e. The van der Waals surface area contributed by atoms with Crippen LogP contribution in [0.5, 0.6) is 17.8 Å². The predicted octanol–water partition coefficient (Wildman–Crippen LogP) is 2.55. The molecule has 6 nitrogen and oxygen atoms in total. The number of aromatic nitrogens is 3. The second-order valence-corrected chi connectivity index (χ2v) is 3.92. The van der Waals surface area contributed by atoms with Crippen LogP contribution in [-0.2, 0) is 0 Å². The van der Waals surface area contributed by atoms with E-state index in [-0.39, 0.29) is 17.8 Å². The van der Waals surface area contributed by atoms with Gasteiger partial charge in [-0.2, -0.15) is 9.97 Å². The lowest BCUT2D eigenvalue weighted by atomic mass is 10.2. The fourth-order valence-electron chi connectivity index (χ4n) is 1.43.